The van der Waals surface area contributed by atoms with Gasteiger partial charge in [-0.15, -0.1) is 0 Å². The van der Waals surface area contributed by atoms with Gasteiger partial charge >= 0.3 is 0 Å². The van der Waals surface area contributed by atoms with E-state index in [1.807, 2.05) is 24.3 Å². The quantitative estimate of drug-likeness (QED) is 0.426. The van der Waals surface area contributed by atoms with Gasteiger partial charge in [0.1, 0.15) is 17.4 Å². The molecule has 5 rings (SSSR count). The Morgan fingerprint density at radius 3 is 2.62 bits per heavy atom. The maximum absolute atomic E-state index is 14.2. The number of amides is 1. The van der Waals surface area contributed by atoms with E-state index in [2.05, 4.69) is 30.4 Å². The van der Waals surface area contributed by atoms with E-state index in [4.69, 9.17) is 16.3 Å². The molecule has 2 saturated heterocycles. The Morgan fingerprint density at radius 1 is 1.13 bits per heavy atom. The third kappa shape index (κ3) is 7.65. The minimum absolute atomic E-state index is 0.0142. The van der Waals surface area contributed by atoms with Gasteiger partial charge < -0.3 is 20.3 Å². The Balaban J connectivity index is 1.33. The van der Waals surface area contributed by atoms with Crippen LogP contribution in [-0.4, -0.2) is 66.6 Å². The van der Waals surface area contributed by atoms with Gasteiger partial charge in [-0.3, -0.25) is 9.69 Å². The number of nitrogens with one attached hydrogen (secondary N) is 2. The van der Waals surface area contributed by atoms with E-state index in [-0.39, 0.29) is 5.91 Å². The Morgan fingerprint density at radius 2 is 1.92 bits per heavy atom. The van der Waals surface area contributed by atoms with Crippen molar-refractivity contribution < 1.29 is 13.9 Å². The van der Waals surface area contributed by atoms with Crippen molar-refractivity contribution >= 4 is 23.3 Å². The van der Waals surface area contributed by atoms with Gasteiger partial charge in [0.2, 0.25) is 11.8 Å². The fourth-order valence-electron chi connectivity index (χ4n) is 5.08. The highest BCUT2D eigenvalue weighted by Gasteiger charge is 2.20. The molecule has 1 aromatic carbocycles. The first-order valence-corrected chi connectivity index (χ1v) is 13.8. The third-order valence-electron chi connectivity index (χ3n) is 7.16. The third-order valence-corrected chi connectivity index (χ3v) is 7.38. The topological polar surface area (TPSA) is 82.6 Å². The number of ether oxygens (including phenoxy) is 1. The van der Waals surface area contributed by atoms with Crippen molar-refractivity contribution in [1.82, 2.24) is 25.5 Å². The first-order valence-electron chi connectivity index (χ1n) is 13.4. The summed E-state index contributed by atoms with van der Waals surface area (Å²) in [5.74, 6) is 2.01. The number of pyridine rings is 2. The van der Waals surface area contributed by atoms with Crippen molar-refractivity contribution in [2.75, 3.05) is 50.7 Å². The van der Waals surface area contributed by atoms with Crippen molar-refractivity contribution in [1.29, 1.82) is 0 Å². The van der Waals surface area contributed by atoms with Gasteiger partial charge in [-0.2, -0.15) is 0 Å². The molecule has 10 heteroatoms. The first-order chi connectivity index (χ1) is 18.9. The molecule has 0 atom stereocenters. The Labute approximate surface area is 233 Å². The van der Waals surface area contributed by atoms with E-state index in [0.717, 1.165) is 70.0 Å². The van der Waals surface area contributed by atoms with Gasteiger partial charge in [-0.1, -0.05) is 11.6 Å². The number of carbonyl (C=O) groups excluding carboxylic acids is 1. The maximum Gasteiger partial charge on any atom is 0.220 e. The average molecular weight is 553 g/mol. The standard InChI is InChI=1S/C29H34ClFN6O2/c1-20(38)33-17-21-4-8-36(9-5-21)19-22-12-27(23-14-24(30)16-25(31)15-23)35-29(13-22)39-26-2-3-28(34-18-26)37-10-6-32-7-11-37/h2-3,12-16,18,21,32H,4-11,17,19H2,1H3,(H,33,38). The molecule has 2 fully saturated rings. The number of nitrogens with zero attached hydrogens (tertiary/aromatic N) is 4. The van der Waals surface area contributed by atoms with Crippen molar-refractivity contribution in [3.63, 3.8) is 0 Å². The van der Waals surface area contributed by atoms with E-state index >= 15 is 0 Å². The summed E-state index contributed by atoms with van der Waals surface area (Å²) in [5, 5.41) is 6.59. The van der Waals surface area contributed by atoms with Gasteiger partial charge in [0.25, 0.3) is 0 Å². The average Bonchev–Trinajstić information content (AvgIpc) is 2.93. The van der Waals surface area contributed by atoms with Crippen LogP contribution >= 0.6 is 11.6 Å². The van der Waals surface area contributed by atoms with Crippen LogP contribution in [-0.2, 0) is 11.3 Å². The molecule has 3 aromatic rings. The smallest absolute Gasteiger partial charge is 0.220 e. The highest BCUT2D eigenvalue weighted by atomic mass is 35.5. The fraction of sp³-hybridized carbons (Fsp3) is 0.414. The summed E-state index contributed by atoms with van der Waals surface area (Å²) in [6.45, 7) is 8.57. The summed E-state index contributed by atoms with van der Waals surface area (Å²) < 4.78 is 20.3. The van der Waals surface area contributed by atoms with Crippen LogP contribution in [0, 0.1) is 11.7 Å². The number of carbonyl (C=O) groups is 1. The van der Waals surface area contributed by atoms with Crippen molar-refractivity contribution in [2.24, 2.45) is 5.92 Å². The predicted octanol–water partition coefficient (Wildman–Crippen LogP) is 4.49. The molecule has 1 amide bonds. The number of piperazine rings is 1. The summed E-state index contributed by atoms with van der Waals surface area (Å²) in [4.78, 5) is 25.2. The molecule has 0 radical (unpaired) electrons. The van der Waals surface area contributed by atoms with Crippen LogP contribution in [0.25, 0.3) is 11.3 Å². The van der Waals surface area contributed by atoms with E-state index in [1.54, 1.807) is 19.2 Å². The van der Waals surface area contributed by atoms with E-state index < -0.39 is 5.82 Å². The number of halogens is 2. The number of hydrogen-bond donors (Lipinski definition) is 2. The van der Waals surface area contributed by atoms with Crippen LogP contribution in [0.2, 0.25) is 5.02 Å². The number of aromatic nitrogens is 2. The molecule has 0 spiro atoms. The largest absolute Gasteiger partial charge is 0.437 e. The maximum atomic E-state index is 14.2. The first kappa shape index (κ1) is 27.3. The molecule has 2 aromatic heterocycles. The minimum atomic E-state index is -0.416. The summed E-state index contributed by atoms with van der Waals surface area (Å²) >= 11 is 6.15. The van der Waals surface area contributed by atoms with Crippen LogP contribution in [0.15, 0.2) is 48.7 Å². The second kappa shape index (κ2) is 12.7. The number of benzene rings is 1. The summed E-state index contributed by atoms with van der Waals surface area (Å²) in [6.07, 6.45) is 3.75. The lowest BCUT2D eigenvalue weighted by Gasteiger charge is -2.32. The number of anilines is 1. The summed E-state index contributed by atoms with van der Waals surface area (Å²) in [5.41, 5.74) is 2.20. The van der Waals surface area contributed by atoms with E-state index in [1.165, 1.54) is 12.1 Å². The lowest BCUT2D eigenvalue weighted by atomic mass is 9.96. The molecule has 0 saturated carbocycles. The monoisotopic (exact) mass is 552 g/mol. The lowest BCUT2D eigenvalue weighted by Crippen LogP contribution is -2.43. The Hall–Kier alpha value is -3.27. The molecule has 0 unspecified atom stereocenters. The van der Waals surface area contributed by atoms with Crippen LogP contribution in [0.4, 0.5) is 10.2 Å². The number of rotatable bonds is 8. The molecule has 206 valence electrons. The molecule has 0 aliphatic carbocycles. The lowest BCUT2D eigenvalue weighted by molar-refractivity contribution is -0.119. The van der Waals surface area contributed by atoms with Gasteiger partial charge in [0.15, 0.2) is 0 Å². The van der Waals surface area contributed by atoms with Crippen molar-refractivity contribution in [2.45, 2.75) is 26.3 Å². The van der Waals surface area contributed by atoms with Crippen LogP contribution < -0.4 is 20.3 Å². The Bertz CT molecular complexity index is 1260. The van der Waals surface area contributed by atoms with Gasteiger partial charge in [0.05, 0.1) is 11.9 Å². The molecule has 4 heterocycles. The summed E-state index contributed by atoms with van der Waals surface area (Å²) in [7, 11) is 0. The van der Waals surface area contributed by atoms with Gasteiger partial charge in [0, 0.05) is 62.8 Å². The normalized spacial score (nSPS) is 16.7. The zero-order chi connectivity index (χ0) is 27.2. The highest BCUT2D eigenvalue weighted by Crippen LogP contribution is 2.30. The zero-order valence-electron chi connectivity index (χ0n) is 22.1. The van der Waals surface area contributed by atoms with Gasteiger partial charge in [-0.25, -0.2) is 14.4 Å². The van der Waals surface area contributed by atoms with E-state index in [9.17, 15) is 9.18 Å². The highest BCUT2D eigenvalue weighted by molar-refractivity contribution is 6.30. The zero-order valence-corrected chi connectivity index (χ0v) is 22.9. The number of piperidine rings is 1. The molecular formula is C29H34ClFN6O2. The molecule has 2 aliphatic heterocycles. The van der Waals surface area contributed by atoms with Crippen molar-refractivity contribution in [3.05, 3.63) is 65.1 Å². The van der Waals surface area contributed by atoms with E-state index in [0.29, 0.717) is 40.4 Å². The fourth-order valence-corrected chi connectivity index (χ4v) is 5.30. The minimum Gasteiger partial charge on any atom is -0.437 e. The van der Waals surface area contributed by atoms with Crippen molar-refractivity contribution in [3.8, 4) is 22.9 Å². The molecular weight excluding hydrogens is 519 g/mol. The molecule has 0 bridgehead atoms. The molecule has 2 N–H and O–H groups in total. The van der Waals surface area contributed by atoms with Crippen LogP contribution in [0.1, 0.15) is 25.3 Å². The second-order valence-electron chi connectivity index (χ2n) is 10.2. The predicted molar refractivity (Wildman–Crippen MR) is 151 cm³/mol. The van der Waals surface area contributed by atoms with Crippen LogP contribution in [0.5, 0.6) is 11.6 Å². The molecule has 39 heavy (non-hydrogen) atoms. The number of likely N-dealkylation sites (tertiary alicyclic amines) is 1. The second-order valence-corrected chi connectivity index (χ2v) is 10.6. The number of hydrogen-bond acceptors (Lipinski definition) is 7. The van der Waals surface area contributed by atoms with Crippen LogP contribution in [0.3, 0.4) is 0 Å². The van der Waals surface area contributed by atoms with Gasteiger partial charge in [-0.05, 0) is 73.8 Å². The SMILES string of the molecule is CC(=O)NCC1CCN(Cc2cc(Oc3ccc(N4CCNCC4)nc3)nc(-c3cc(F)cc(Cl)c3)c2)CC1. The summed E-state index contributed by atoms with van der Waals surface area (Å²) in [6, 6.07) is 12.2. The molecule has 8 nitrogen and oxygen atoms in total. The Kier molecular flexibility index (Phi) is 8.91. The molecule has 2 aliphatic rings.